The number of nitrogens with zero attached hydrogens (tertiary/aromatic N) is 2. The third-order valence-corrected chi connectivity index (χ3v) is 4.68. The number of likely N-dealkylation sites (tertiary alicyclic amines) is 1. The summed E-state index contributed by atoms with van der Waals surface area (Å²) in [6.07, 6.45) is 0.914. The first-order valence-electron chi connectivity index (χ1n) is 8.36. The van der Waals surface area contributed by atoms with Gasteiger partial charge in [-0.05, 0) is 37.6 Å². The highest BCUT2D eigenvalue weighted by Gasteiger charge is 2.29. The Balaban J connectivity index is 1.74. The lowest BCUT2D eigenvalue weighted by Crippen LogP contribution is -2.37. The van der Waals surface area contributed by atoms with E-state index in [2.05, 4.69) is 4.90 Å². The first-order chi connectivity index (χ1) is 11.5. The second kappa shape index (κ2) is 9.25. The fraction of sp³-hybridized carbons (Fsp3) is 0.611. The normalized spacial score (nSPS) is 17.9. The van der Waals surface area contributed by atoms with Crippen molar-refractivity contribution in [2.75, 3.05) is 53.6 Å². The lowest BCUT2D eigenvalue weighted by Gasteiger charge is -2.22. The van der Waals surface area contributed by atoms with E-state index in [4.69, 9.17) is 21.1 Å². The van der Waals surface area contributed by atoms with E-state index in [1.54, 1.807) is 12.0 Å². The summed E-state index contributed by atoms with van der Waals surface area (Å²) in [5.41, 5.74) is 1.10. The summed E-state index contributed by atoms with van der Waals surface area (Å²) in [7, 11) is 3.53. The van der Waals surface area contributed by atoms with Crippen molar-refractivity contribution in [1.29, 1.82) is 0 Å². The highest BCUT2D eigenvalue weighted by Crippen LogP contribution is 2.25. The van der Waals surface area contributed by atoms with Crippen LogP contribution in [0.4, 0.5) is 0 Å². The number of carbonyl (C=O) groups is 1. The molecule has 0 radical (unpaired) electrons. The Morgan fingerprint density at radius 1 is 1.42 bits per heavy atom. The summed E-state index contributed by atoms with van der Waals surface area (Å²) in [4.78, 5) is 16.5. The topological polar surface area (TPSA) is 42.0 Å². The van der Waals surface area contributed by atoms with Crippen LogP contribution < -0.4 is 4.74 Å². The van der Waals surface area contributed by atoms with Crippen molar-refractivity contribution < 1.29 is 14.3 Å². The van der Waals surface area contributed by atoms with Gasteiger partial charge in [-0.3, -0.25) is 4.79 Å². The summed E-state index contributed by atoms with van der Waals surface area (Å²) in [5, 5.41) is 0.605. The van der Waals surface area contributed by atoms with Crippen LogP contribution in [-0.2, 0) is 9.53 Å². The predicted octanol–water partition coefficient (Wildman–Crippen LogP) is 2.45. The fourth-order valence-corrected chi connectivity index (χ4v) is 3.18. The first-order valence-corrected chi connectivity index (χ1v) is 8.74. The standard InChI is InChI=1S/C18H27ClN2O3/c1-14-4-5-17(16(19)12-14)24-11-8-20(2)18(22)15-6-7-21(13-15)9-10-23-3/h4-5,12,15H,6-11,13H2,1-3H3/t15-/m0/s1. The van der Waals surface area contributed by atoms with Gasteiger partial charge in [0, 0.05) is 27.2 Å². The van der Waals surface area contributed by atoms with E-state index in [9.17, 15) is 4.79 Å². The molecule has 5 nitrogen and oxygen atoms in total. The molecule has 0 aromatic heterocycles. The minimum Gasteiger partial charge on any atom is -0.490 e. The quantitative estimate of drug-likeness (QED) is 0.719. The predicted molar refractivity (Wildman–Crippen MR) is 95.7 cm³/mol. The maximum atomic E-state index is 12.5. The minimum absolute atomic E-state index is 0.0785. The van der Waals surface area contributed by atoms with Crippen molar-refractivity contribution in [3.05, 3.63) is 28.8 Å². The number of rotatable bonds is 8. The maximum absolute atomic E-state index is 12.5. The van der Waals surface area contributed by atoms with Crippen LogP contribution >= 0.6 is 11.6 Å². The molecule has 0 N–H and O–H groups in total. The SMILES string of the molecule is COCCN1CC[C@H](C(=O)N(C)CCOc2ccc(C)cc2Cl)C1. The van der Waals surface area contributed by atoms with Gasteiger partial charge in [0.2, 0.25) is 5.91 Å². The molecule has 24 heavy (non-hydrogen) atoms. The summed E-state index contributed by atoms with van der Waals surface area (Å²) >= 11 is 6.15. The molecule has 0 unspecified atom stereocenters. The van der Waals surface area contributed by atoms with Crippen LogP contribution in [0.5, 0.6) is 5.75 Å². The van der Waals surface area contributed by atoms with E-state index >= 15 is 0 Å². The van der Waals surface area contributed by atoms with E-state index in [0.29, 0.717) is 30.5 Å². The molecule has 1 heterocycles. The Labute approximate surface area is 149 Å². The molecule has 1 atom stereocenters. The summed E-state index contributed by atoms with van der Waals surface area (Å²) in [5.74, 6) is 0.929. The van der Waals surface area contributed by atoms with Gasteiger partial charge in [0.1, 0.15) is 12.4 Å². The number of amides is 1. The van der Waals surface area contributed by atoms with Crippen LogP contribution in [0.25, 0.3) is 0 Å². The highest BCUT2D eigenvalue weighted by atomic mass is 35.5. The number of hydrogen-bond donors (Lipinski definition) is 0. The van der Waals surface area contributed by atoms with E-state index in [-0.39, 0.29) is 11.8 Å². The summed E-state index contributed by atoms with van der Waals surface area (Å²) in [6.45, 7) is 6.35. The molecule has 1 aliphatic rings. The van der Waals surface area contributed by atoms with Crippen molar-refractivity contribution in [2.24, 2.45) is 5.92 Å². The Hall–Kier alpha value is -1.30. The number of benzene rings is 1. The van der Waals surface area contributed by atoms with Crippen LogP contribution in [0.1, 0.15) is 12.0 Å². The van der Waals surface area contributed by atoms with E-state index in [1.165, 1.54) is 0 Å². The molecule has 134 valence electrons. The molecule has 0 saturated carbocycles. The van der Waals surface area contributed by atoms with Gasteiger partial charge in [0.05, 0.1) is 24.1 Å². The molecule has 1 amide bonds. The molecule has 0 spiro atoms. The molecule has 1 saturated heterocycles. The number of likely N-dealkylation sites (N-methyl/N-ethyl adjacent to an activating group) is 1. The van der Waals surface area contributed by atoms with Gasteiger partial charge < -0.3 is 19.3 Å². The molecule has 0 bridgehead atoms. The average Bonchev–Trinajstić information content (AvgIpc) is 3.03. The summed E-state index contributed by atoms with van der Waals surface area (Å²) < 4.78 is 10.8. The van der Waals surface area contributed by atoms with Crippen LogP contribution in [0.15, 0.2) is 18.2 Å². The third-order valence-electron chi connectivity index (χ3n) is 4.38. The lowest BCUT2D eigenvalue weighted by molar-refractivity contribution is -0.134. The smallest absolute Gasteiger partial charge is 0.226 e. The molecule has 2 rings (SSSR count). The third kappa shape index (κ3) is 5.36. The van der Waals surface area contributed by atoms with Crippen LogP contribution in [0.3, 0.4) is 0 Å². The molecular weight excluding hydrogens is 328 g/mol. The first kappa shape index (κ1) is 19.0. The van der Waals surface area contributed by atoms with Crippen LogP contribution in [0, 0.1) is 12.8 Å². The zero-order chi connectivity index (χ0) is 17.5. The highest BCUT2D eigenvalue weighted by molar-refractivity contribution is 6.32. The van der Waals surface area contributed by atoms with Crippen molar-refractivity contribution in [1.82, 2.24) is 9.80 Å². The number of carbonyl (C=O) groups excluding carboxylic acids is 1. The van der Waals surface area contributed by atoms with Gasteiger partial charge >= 0.3 is 0 Å². The second-order valence-electron chi connectivity index (χ2n) is 6.32. The van der Waals surface area contributed by atoms with Gasteiger partial charge in [-0.1, -0.05) is 17.7 Å². The van der Waals surface area contributed by atoms with Gasteiger partial charge in [-0.2, -0.15) is 0 Å². The van der Waals surface area contributed by atoms with Gasteiger partial charge in [-0.25, -0.2) is 0 Å². The van der Waals surface area contributed by atoms with Gasteiger partial charge in [0.25, 0.3) is 0 Å². The fourth-order valence-electron chi connectivity index (χ4n) is 2.90. The van der Waals surface area contributed by atoms with Crippen molar-refractivity contribution in [3.8, 4) is 5.75 Å². The minimum atomic E-state index is 0.0785. The number of halogens is 1. The Kier molecular flexibility index (Phi) is 7.34. The number of methoxy groups -OCH3 is 1. The van der Waals surface area contributed by atoms with E-state index < -0.39 is 0 Å². The van der Waals surface area contributed by atoms with E-state index in [1.807, 2.05) is 32.2 Å². The molecule has 1 aliphatic heterocycles. The molecule has 6 heteroatoms. The molecular formula is C18H27ClN2O3. The van der Waals surface area contributed by atoms with Crippen molar-refractivity contribution in [2.45, 2.75) is 13.3 Å². The molecule has 1 aromatic carbocycles. The monoisotopic (exact) mass is 354 g/mol. The molecule has 0 aliphatic carbocycles. The van der Waals surface area contributed by atoms with Crippen molar-refractivity contribution in [3.63, 3.8) is 0 Å². The largest absolute Gasteiger partial charge is 0.490 e. The second-order valence-corrected chi connectivity index (χ2v) is 6.73. The van der Waals surface area contributed by atoms with Crippen LogP contribution in [0.2, 0.25) is 5.02 Å². The zero-order valence-corrected chi connectivity index (χ0v) is 15.5. The number of ether oxygens (including phenoxy) is 2. The number of aryl methyl sites for hydroxylation is 1. The van der Waals surface area contributed by atoms with Crippen LogP contribution in [-0.4, -0.2) is 69.3 Å². The Morgan fingerprint density at radius 3 is 2.92 bits per heavy atom. The average molecular weight is 355 g/mol. The van der Waals surface area contributed by atoms with Gasteiger partial charge in [0.15, 0.2) is 0 Å². The summed E-state index contributed by atoms with van der Waals surface area (Å²) in [6, 6.07) is 5.70. The van der Waals surface area contributed by atoms with E-state index in [0.717, 1.165) is 31.6 Å². The van der Waals surface area contributed by atoms with Gasteiger partial charge in [-0.15, -0.1) is 0 Å². The lowest BCUT2D eigenvalue weighted by atomic mass is 10.1. The number of hydrogen-bond acceptors (Lipinski definition) is 4. The molecule has 1 aromatic rings. The maximum Gasteiger partial charge on any atom is 0.226 e. The van der Waals surface area contributed by atoms with Crippen molar-refractivity contribution >= 4 is 17.5 Å². The molecule has 1 fully saturated rings. The Bertz CT molecular complexity index is 553. The zero-order valence-electron chi connectivity index (χ0n) is 14.8. The Morgan fingerprint density at radius 2 is 2.21 bits per heavy atom.